The minimum absolute atomic E-state index is 0.0955. The Bertz CT molecular complexity index is 699. The monoisotopic (exact) mass is 327 g/mol. The lowest BCUT2D eigenvalue weighted by Gasteiger charge is -2.11. The number of carbonyl (C=O) groups is 2. The summed E-state index contributed by atoms with van der Waals surface area (Å²) in [4.78, 5) is 23.0. The van der Waals surface area contributed by atoms with Gasteiger partial charge in [0.1, 0.15) is 5.75 Å². The highest BCUT2D eigenvalue weighted by molar-refractivity contribution is 5.92. The summed E-state index contributed by atoms with van der Waals surface area (Å²) in [5.41, 5.74) is 2.28. The summed E-state index contributed by atoms with van der Waals surface area (Å²) in [5, 5.41) is 8.69. The Labute approximate surface area is 141 Å². The molecule has 3 N–H and O–H groups in total. The summed E-state index contributed by atoms with van der Waals surface area (Å²) in [5.74, 6) is 0.429. The molecule has 0 aliphatic rings. The molecule has 0 saturated carbocycles. The Kier molecular flexibility index (Phi) is 6.19. The number of hydrogen-bond acceptors (Lipinski definition) is 4. The molecule has 6 nitrogen and oxygen atoms in total. The maximum atomic E-state index is 12.0. The Morgan fingerprint density at radius 3 is 2.29 bits per heavy atom. The fourth-order valence-electron chi connectivity index (χ4n) is 2.16. The molecule has 126 valence electrons. The molecule has 0 aromatic heterocycles. The normalized spacial score (nSPS) is 9.92. The van der Waals surface area contributed by atoms with Gasteiger partial charge in [0.05, 0.1) is 12.8 Å². The lowest BCUT2D eigenvalue weighted by Crippen LogP contribution is -2.16. The SMILES string of the molecule is COc1ccccc1NC(=O)CCNc1ccc(NC(C)=O)cc1. The van der Waals surface area contributed by atoms with Crippen LogP contribution in [0.3, 0.4) is 0 Å². The molecule has 0 aliphatic carbocycles. The van der Waals surface area contributed by atoms with Crippen molar-refractivity contribution in [3.8, 4) is 5.75 Å². The molecule has 0 heterocycles. The molecule has 2 amide bonds. The summed E-state index contributed by atoms with van der Waals surface area (Å²) in [7, 11) is 1.57. The van der Waals surface area contributed by atoms with Crippen LogP contribution < -0.4 is 20.7 Å². The summed E-state index contributed by atoms with van der Waals surface area (Å²) < 4.78 is 5.20. The van der Waals surface area contributed by atoms with Gasteiger partial charge in [0.15, 0.2) is 0 Å². The van der Waals surface area contributed by atoms with Crippen LogP contribution in [0.15, 0.2) is 48.5 Å². The fourth-order valence-corrected chi connectivity index (χ4v) is 2.16. The smallest absolute Gasteiger partial charge is 0.226 e. The van der Waals surface area contributed by atoms with Gasteiger partial charge in [-0.2, -0.15) is 0 Å². The number of rotatable bonds is 7. The van der Waals surface area contributed by atoms with Crippen molar-refractivity contribution in [1.82, 2.24) is 0 Å². The summed E-state index contributed by atoms with van der Waals surface area (Å²) >= 11 is 0. The van der Waals surface area contributed by atoms with Crippen molar-refractivity contribution in [1.29, 1.82) is 0 Å². The molecule has 0 aliphatic heterocycles. The van der Waals surface area contributed by atoms with Gasteiger partial charge in [-0.25, -0.2) is 0 Å². The van der Waals surface area contributed by atoms with E-state index in [1.54, 1.807) is 31.4 Å². The van der Waals surface area contributed by atoms with Gasteiger partial charge in [-0.15, -0.1) is 0 Å². The Morgan fingerprint density at radius 1 is 0.958 bits per heavy atom. The van der Waals surface area contributed by atoms with Crippen LogP contribution >= 0.6 is 0 Å². The van der Waals surface area contributed by atoms with Gasteiger partial charge in [0.25, 0.3) is 0 Å². The number of hydrogen-bond donors (Lipinski definition) is 3. The van der Waals surface area contributed by atoms with E-state index in [1.165, 1.54) is 6.92 Å². The zero-order chi connectivity index (χ0) is 17.4. The molecular formula is C18H21N3O3. The number of methoxy groups -OCH3 is 1. The van der Waals surface area contributed by atoms with E-state index in [9.17, 15) is 9.59 Å². The molecule has 2 aromatic rings. The molecule has 0 saturated heterocycles. The number of nitrogens with one attached hydrogen (secondary N) is 3. The number of amides is 2. The first-order chi connectivity index (χ1) is 11.6. The highest BCUT2D eigenvalue weighted by atomic mass is 16.5. The number of ether oxygens (including phenoxy) is 1. The van der Waals surface area contributed by atoms with Gasteiger partial charge in [-0.1, -0.05) is 12.1 Å². The second-order valence-electron chi connectivity index (χ2n) is 5.18. The average Bonchev–Trinajstić information content (AvgIpc) is 2.56. The fraction of sp³-hybridized carbons (Fsp3) is 0.222. The topological polar surface area (TPSA) is 79.5 Å². The zero-order valence-electron chi connectivity index (χ0n) is 13.8. The first kappa shape index (κ1) is 17.3. The van der Waals surface area contributed by atoms with E-state index in [4.69, 9.17) is 4.74 Å². The number of benzene rings is 2. The minimum Gasteiger partial charge on any atom is -0.495 e. The Balaban J connectivity index is 1.79. The van der Waals surface area contributed by atoms with Crippen LogP contribution in [0.25, 0.3) is 0 Å². The number of anilines is 3. The largest absolute Gasteiger partial charge is 0.495 e. The second-order valence-corrected chi connectivity index (χ2v) is 5.18. The number of para-hydroxylation sites is 2. The van der Waals surface area contributed by atoms with E-state index in [0.717, 1.165) is 11.4 Å². The molecule has 0 unspecified atom stereocenters. The van der Waals surface area contributed by atoms with Crippen molar-refractivity contribution in [2.45, 2.75) is 13.3 Å². The van der Waals surface area contributed by atoms with Gasteiger partial charge in [-0.3, -0.25) is 9.59 Å². The highest BCUT2D eigenvalue weighted by Crippen LogP contribution is 2.23. The second kappa shape index (κ2) is 8.57. The quantitative estimate of drug-likeness (QED) is 0.730. The lowest BCUT2D eigenvalue weighted by molar-refractivity contribution is -0.116. The molecule has 6 heteroatoms. The third-order valence-electron chi connectivity index (χ3n) is 3.27. The molecule has 2 aromatic carbocycles. The zero-order valence-corrected chi connectivity index (χ0v) is 13.8. The first-order valence-electron chi connectivity index (χ1n) is 7.63. The van der Waals surface area contributed by atoms with Crippen molar-refractivity contribution in [2.24, 2.45) is 0 Å². The molecule has 2 rings (SSSR count). The van der Waals surface area contributed by atoms with E-state index >= 15 is 0 Å². The van der Waals surface area contributed by atoms with Gasteiger partial charge in [0.2, 0.25) is 11.8 Å². The van der Waals surface area contributed by atoms with Crippen molar-refractivity contribution in [3.05, 3.63) is 48.5 Å². The molecular weight excluding hydrogens is 306 g/mol. The van der Waals surface area contributed by atoms with Gasteiger partial charge in [-0.05, 0) is 36.4 Å². The number of carbonyl (C=O) groups excluding carboxylic acids is 2. The van der Waals surface area contributed by atoms with Crippen molar-refractivity contribution in [2.75, 3.05) is 29.6 Å². The molecule has 0 atom stereocenters. The van der Waals surface area contributed by atoms with E-state index in [-0.39, 0.29) is 11.8 Å². The minimum atomic E-state index is -0.108. The summed E-state index contributed by atoms with van der Waals surface area (Å²) in [6, 6.07) is 14.6. The predicted molar refractivity (Wildman–Crippen MR) is 95.5 cm³/mol. The van der Waals surface area contributed by atoms with Crippen LogP contribution in [-0.2, 0) is 9.59 Å². The van der Waals surface area contributed by atoms with Crippen molar-refractivity contribution in [3.63, 3.8) is 0 Å². The first-order valence-corrected chi connectivity index (χ1v) is 7.63. The third-order valence-corrected chi connectivity index (χ3v) is 3.27. The molecule has 0 radical (unpaired) electrons. The molecule has 0 fully saturated rings. The highest BCUT2D eigenvalue weighted by Gasteiger charge is 2.06. The predicted octanol–water partition coefficient (Wildman–Crippen LogP) is 3.09. The van der Waals surface area contributed by atoms with Crippen LogP contribution in [0.4, 0.5) is 17.1 Å². The maximum Gasteiger partial charge on any atom is 0.226 e. The van der Waals surface area contributed by atoms with Crippen LogP contribution in [0.1, 0.15) is 13.3 Å². The lowest BCUT2D eigenvalue weighted by atomic mass is 10.2. The maximum absolute atomic E-state index is 12.0. The Morgan fingerprint density at radius 2 is 1.62 bits per heavy atom. The summed E-state index contributed by atoms with van der Waals surface area (Å²) in [6.45, 7) is 1.97. The van der Waals surface area contributed by atoms with Gasteiger partial charge in [0, 0.05) is 31.3 Å². The van der Waals surface area contributed by atoms with Crippen molar-refractivity contribution >= 4 is 28.9 Å². The van der Waals surface area contributed by atoms with Crippen LogP contribution in [0.5, 0.6) is 5.75 Å². The Hall–Kier alpha value is -3.02. The standard InChI is InChI=1S/C18H21N3O3/c1-13(22)20-15-9-7-14(8-10-15)19-12-11-18(23)21-16-5-3-4-6-17(16)24-2/h3-10,19H,11-12H2,1-2H3,(H,20,22)(H,21,23). The van der Waals surface area contributed by atoms with Gasteiger partial charge >= 0.3 is 0 Å². The van der Waals surface area contributed by atoms with Crippen LogP contribution in [0.2, 0.25) is 0 Å². The van der Waals surface area contributed by atoms with Crippen LogP contribution in [-0.4, -0.2) is 25.5 Å². The summed E-state index contributed by atoms with van der Waals surface area (Å²) in [6.07, 6.45) is 0.325. The molecule has 24 heavy (non-hydrogen) atoms. The molecule has 0 bridgehead atoms. The van der Waals surface area contributed by atoms with E-state index in [1.807, 2.05) is 24.3 Å². The van der Waals surface area contributed by atoms with E-state index in [0.29, 0.717) is 24.4 Å². The van der Waals surface area contributed by atoms with Gasteiger partial charge < -0.3 is 20.7 Å². The molecule has 0 spiro atoms. The van der Waals surface area contributed by atoms with Crippen molar-refractivity contribution < 1.29 is 14.3 Å². The third kappa shape index (κ3) is 5.31. The van der Waals surface area contributed by atoms with Crippen LogP contribution in [0, 0.1) is 0 Å². The average molecular weight is 327 g/mol. The van der Waals surface area contributed by atoms with E-state index < -0.39 is 0 Å². The van der Waals surface area contributed by atoms with E-state index in [2.05, 4.69) is 16.0 Å².